The van der Waals surface area contributed by atoms with Crippen molar-refractivity contribution >= 4 is 17.8 Å². The number of hydrogen-bond donors (Lipinski definition) is 2. The van der Waals surface area contributed by atoms with Gasteiger partial charge in [0.05, 0.1) is 18.2 Å². The zero-order chi connectivity index (χ0) is 20.2. The number of amides is 1. The molecule has 0 aromatic heterocycles. The van der Waals surface area contributed by atoms with Crippen LogP contribution in [-0.4, -0.2) is 29.3 Å². The van der Waals surface area contributed by atoms with E-state index in [1.807, 2.05) is 12.1 Å². The van der Waals surface area contributed by atoms with Crippen molar-refractivity contribution in [2.45, 2.75) is 26.2 Å². The number of methoxy groups -OCH3 is 1. The molecular weight excluding hydrogens is 350 g/mol. The number of nitrogens with one attached hydrogen (secondary N) is 1. The maximum atomic E-state index is 12.2. The van der Waals surface area contributed by atoms with Gasteiger partial charge in [0, 0.05) is 17.2 Å². The van der Waals surface area contributed by atoms with Crippen molar-refractivity contribution in [2.24, 2.45) is 5.10 Å². The number of benzene rings is 2. The molecule has 27 heavy (non-hydrogen) atoms. The van der Waals surface area contributed by atoms with Gasteiger partial charge in [0.25, 0.3) is 5.91 Å². The number of phenols is 1. The molecule has 2 N–H and O–H groups in total. The lowest BCUT2D eigenvalue weighted by atomic mass is 9.87. The van der Waals surface area contributed by atoms with Crippen molar-refractivity contribution in [2.75, 3.05) is 7.11 Å². The maximum Gasteiger partial charge on any atom is 0.315 e. The fraction of sp³-hybridized carbons (Fsp3) is 0.263. The first kappa shape index (κ1) is 19.9. The highest BCUT2D eigenvalue weighted by Crippen LogP contribution is 2.36. The number of ether oxygens (including phenoxy) is 1. The van der Waals surface area contributed by atoms with Gasteiger partial charge in [-0.25, -0.2) is 5.43 Å². The molecule has 0 bridgehead atoms. The number of rotatable bonds is 5. The van der Waals surface area contributed by atoms with Gasteiger partial charge in [-0.3, -0.25) is 14.9 Å². The zero-order valence-electron chi connectivity index (χ0n) is 15.5. The first-order chi connectivity index (χ1) is 12.6. The van der Waals surface area contributed by atoms with E-state index in [1.54, 1.807) is 12.1 Å². The number of nitrogens with zero attached hydrogens (tertiary/aromatic N) is 2. The third-order valence-corrected chi connectivity index (χ3v) is 3.89. The summed E-state index contributed by atoms with van der Waals surface area (Å²) in [6.07, 6.45) is 1.23. The molecule has 0 aliphatic carbocycles. The van der Waals surface area contributed by atoms with Crippen LogP contribution in [-0.2, 0) is 5.41 Å². The molecular formula is C19H21N3O5. The summed E-state index contributed by atoms with van der Waals surface area (Å²) in [6, 6.07) is 9.68. The van der Waals surface area contributed by atoms with Crippen LogP contribution in [0.3, 0.4) is 0 Å². The van der Waals surface area contributed by atoms with Crippen LogP contribution in [0, 0.1) is 10.1 Å². The van der Waals surface area contributed by atoms with Crippen LogP contribution in [0.25, 0.3) is 0 Å². The van der Waals surface area contributed by atoms with E-state index in [0.29, 0.717) is 11.1 Å². The van der Waals surface area contributed by atoms with E-state index < -0.39 is 22.3 Å². The van der Waals surface area contributed by atoms with Crippen molar-refractivity contribution in [3.05, 3.63) is 63.2 Å². The van der Waals surface area contributed by atoms with Crippen LogP contribution in [0.4, 0.5) is 5.69 Å². The number of hydrogen-bond acceptors (Lipinski definition) is 6. The lowest BCUT2D eigenvalue weighted by Crippen LogP contribution is -2.18. The number of phenolic OH excluding ortho intramolecular Hbond substituents is 1. The minimum atomic E-state index is -0.732. The highest BCUT2D eigenvalue weighted by Gasteiger charge is 2.19. The van der Waals surface area contributed by atoms with Crippen molar-refractivity contribution < 1.29 is 19.6 Å². The summed E-state index contributed by atoms with van der Waals surface area (Å²) in [5.41, 5.74) is 3.67. The van der Waals surface area contributed by atoms with Crippen molar-refractivity contribution in [3.8, 4) is 11.5 Å². The number of hydrazone groups is 1. The largest absolute Gasteiger partial charge is 0.500 e. The smallest absolute Gasteiger partial charge is 0.315 e. The van der Waals surface area contributed by atoms with E-state index in [-0.39, 0.29) is 11.2 Å². The maximum absolute atomic E-state index is 12.2. The Labute approximate surface area is 156 Å². The van der Waals surface area contributed by atoms with Gasteiger partial charge in [0.1, 0.15) is 0 Å². The number of aromatic hydroxyl groups is 1. The Morgan fingerprint density at radius 1 is 1.26 bits per heavy atom. The van der Waals surface area contributed by atoms with Crippen LogP contribution in [0.5, 0.6) is 11.5 Å². The fourth-order valence-electron chi connectivity index (χ4n) is 2.33. The quantitative estimate of drug-likeness (QED) is 0.475. The van der Waals surface area contributed by atoms with Crippen LogP contribution in [0.1, 0.15) is 42.3 Å². The van der Waals surface area contributed by atoms with Gasteiger partial charge in [0.2, 0.25) is 5.75 Å². The second-order valence-electron chi connectivity index (χ2n) is 6.87. The van der Waals surface area contributed by atoms with E-state index in [4.69, 9.17) is 4.74 Å². The topological polar surface area (TPSA) is 114 Å². The minimum absolute atomic E-state index is 0.0141. The number of nitro benzene ring substituents is 1. The molecule has 0 atom stereocenters. The third-order valence-electron chi connectivity index (χ3n) is 3.89. The van der Waals surface area contributed by atoms with Gasteiger partial charge in [-0.05, 0) is 29.2 Å². The first-order valence-electron chi connectivity index (χ1n) is 8.13. The Hall–Kier alpha value is -3.42. The summed E-state index contributed by atoms with van der Waals surface area (Å²) in [6.45, 7) is 6.24. The zero-order valence-corrected chi connectivity index (χ0v) is 15.5. The van der Waals surface area contributed by atoms with Gasteiger partial charge >= 0.3 is 5.69 Å². The van der Waals surface area contributed by atoms with Crippen LogP contribution < -0.4 is 10.2 Å². The van der Waals surface area contributed by atoms with Crippen molar-refractivity contribution in [1.29, 1.82) is 0 Å². The van der Waals surface area contributed by atoms with Gasteiger partial charge in [0.15, 0.2) is 5.75 Å². The van der Waals surface area contributed by atoms with E-state index in [2.05, 4.69) is 31.3 Å². The SMILES string of the molecule is COc1cc(C=NNC(=O)c2ccc(C(C)(C)C)cc2)cc([N+](=O)[O-])c1O. The Morgan fingerprint density at radius 3 is 2.41 bits per heavy atom. The van der Waals surface area contributed by atoms with Crippen LogP contribution in [0.15, 0.2) is 41.5 Å². The Balaban J connectivity index is 2.14. The Morgan fingerprint density at radius 2 is 1.89 bits per heavy atom. The number of carbonyl (C=O) groups is 1. The predicted molar refractivity (Wildman–Crippen MR) is 102 cm³/mol. The molecule has 0 aliphatic rings. The van der Waals surface area contributed by atoms with Gasteiger partial charge in [-0.2, -0.15) is 5.10 Å². The van der Waals surface area contributed by atoms with Crippen molar-refractivity contribution in [3.63, 3.8) is 0 Å². The molecule has 2 aromatic carbocycles. The van der Waals surface area contributed by atoms with Gasteiger partial charge in [-0.15, -0.1) is 0 Å². The predicted octanol–water partition coefficient (Wildman–Crippen LogP) is 3.37. The fourth-order valence-corrected chi connectivity index (χ4v) is 2.33. The molecule has 1 amide bonds. The molecule has 0 aliphatic heterocycles. The summed E-state index contributed by atoms with van der Waals surface area (Å²) in [5.74, 6) is -1.04. The summed E-state index contributed by atoms with van der Waals surface area (Å²) < 4.78 is 4.91. The van der Waals surface area contributed by atoms with E-state index in [9.17, 15) is 20.0 Å². The second kappa shape index (κ2) is 7.86. The minimum Gasteiger partial charge on any atom is -0.500 e. The van der Waals surface area contributed by atoms with E-state index in [0.717, 1.165) is 11.6 Å². The molecule has 0 saturated heterocycles. The molecule has 2 aromatic rings. The lowest BCUT2D eigenvalue weighted by molar-refractivity contribution is -0.386. The molecule has 0 fully saturated rings. The average Bonchev–Trinajstić information content (AvgIpc) is 2.61. The molecule has 8 heteroatoms. The van der Waals surface area contributed by atoms with Crippen LogP contribution in [0.2, 0.25) is 0 Å². The molecule has 8 nitrogen and oxygen atoms in total. The molecule has 0 heterocycles. The molecule has 0 saturated carbocycles. The lowest BCUT2D eigenvalue weighted by Gasteiger charge is -2.18. The first-order valence-corrected chi connectivity index (χ1v) is 8.13. The standard InChI is InChI=1S/C19H21N3O5/c1-19(2,3)14-7-5-13(6-8-14)18(24)21-20-11-12-9-15(22(25)26)17(23)16(10-12)27-4/h5-11,23H,1-4H3,(H,21,24). The summed E-state index contributed by atoms with van der Waals surface area (Å²) in [7, 11) is 1.28. The molecule has 2 rings (SSSR count). The van der Waals surface area contributed by atoms with E-state index >= 15 is 0 Å². The second-order valence-corrected chi connectivity index (χ2v) is 6.87. The summed E-state index contributed by atoms with van der Waals surface area (Å²) >= 11 is 0. The van der Waals surface area contributed by atoms with Crippen molar-refractivity contribution in [1.82, 2.24) is 5.43 Å². The van der Waals surface area contributed by atoms with Crippen LogP contribution >= 0.6 is 0 Å². The molecule has 0 radical (unpaired) electrons. The normalized spacial score (nSPS) is 11.4. The number of nitro groups is 1. The summed E-state index contributed by atoms with van der Waals surface area (Å²) in [5, 5.41) is 24.5. The van der Waals surface area contributed by atoms with Gasteiger partial charge < -0.3 is 9.84 Å². The van der Waals surface area contributed by atoms with E-state index in [1.165, 1.54) is 19.4 Å². The Kier molecular flexibility index (Phi) is 5.79. The molecule has 142 valence electrons. The molecule has 0 unspecified atom stereocenters. The monoisotopic (exact) mass is 371 g/mol. The average molecular weight is 371 g/mol. The van der Waals surface area contributed by atoms with Gasteiger partial charge in [-0.1, -0.05) is 32.9 Å². The number of carbonyl (C=O) groups excluding carboxylic acids is 1. The highest BCUT2D eigenvalue weighted by atomic mass is 16.6. The Bertz CT molecular complexity index is 883. The molecule has 0 spiro atoms. The third kappa shape index (κ3) is 4.81. The summed E-state index contributed by atoms with van der Waals surface area (Å²) in [4.78, 5) is 22.4. The highest BCUT2D eigenvalue weighted by molar-refractivity contribution is 5.95.